The molecular weight excluding hydrogens is 450 g/mol. The molecule has 1 saturated carbocycles. The first-order valence-electron chi connectivity index (χ1n) is 12.7. The van der Waals surface area contributed by atoms with E-state index in [0.717, 1.165) is 68.0 Å². The maximum atomic E-state index is 12.4. The van der Waals surface area contributed by atoms with Crippen molar-refractivity contribution in [3.8, 4) is 5.88 Å². The molecule has 2 atom stereocenters. The molecule has 34 heavy (non-hydrogen) atoms. The van der Waals surface area contributed by atoms with E-state index in [4.69, 9.17) is 9.47 Å². The number of aliphatic hydroxyl groups is 1. The quantitative estimate of drug-likeness (QED) is 0.505. The molecule has 0 aliphatic heterocycles. The number of aryl methyl sites for hydroxylation is 1. The Morgan fingerprint density at radius 2 is 2.00 bits per heavy atom. The van der Waals surface area contributed by atoms with Crippen LogP contribution in [-0.2, 0) is 11.2 Å². The number of fused-ring (bicyclic) bond motifs is 3. The molecule has 2 aromatic rings. The third-order valence-corrected chi connectivity index (χ3v) is 8.51. The molecule has 4 rings (SSSR count). The summed E-state index contributed by atoms with van der Waals surface area (Å²) in [5, 5.41) is 14.5. The lowest BCUT2D eigenvalue weighted by Crippen LogP contribution is -2.52. The van der Waals surface area contributed by atoms with Gasteiger partial charge in [-0.2, -0.15) is 0 Å². The molecule has 1 fully saturated rings. The van der Waals surface area contributed by atoms with E-state index >= 15 is 0 Å². The van der Waals surface area contributed by atoms with Crippen LogP contribution in [0, 0.1) is 0 Å². The van der Waals surface area contributed by atoms with Crippen molar-refractivity contribution < 1.29 is 19.4 Å². The highest BCUT2D eigenvalue weighted by Gasteiger charge is 2.38. The van der Waals surface area contributed by atoms with Crippen LogP contribution >= 0.6 is 11.3 Å². The van der Waals surface area contributed by atoms with Crippen LogP contribution in [0.4, 0.5) is 4.79 Å². The van der Waals surface area contributed by atoms with Gasteiger partial charge in [-0.25, -0.2) is 14.8 Å². The second-order valence-electron chi connectivity index (χ2n) is 10.9. The van der Waals surface area contributed by atoms with Crippen LogP contribution in [0.25, 0.3) is 10.2 Å². The molecule has 0 spiro atoms. The molecule has 1 amide bonds. The minimum Gasteiger partial charge on any atom is -0.474 e. The Balaban J connectivity index is 1.47. The number of nitrogens with zero attached hydrogens (tertiary/aromatic N) is 2. The SMILES string of the molecule is CC[C@H](O)C[C@H]1CCc2sc3ncnc(O[C@H]4CC[C@](CC)(NC(=O)OC(C)(C)C)CC4)c3c21. The summed E-state index contributed by atoms with van der Waals surface area (Å²) in [6.07, 6.45) is 8.92. The fourth-order valence-electron chi connectivity index (χ4n) is 5.37. The van der Waals surface area contributed by atoms with Gasteiger partial charge in [-0.3, -0.25) is 0 Å². The highest BCUT2D eigenvalue weighted by atomic mass is 32.1. The van der Waals surface area contributed by atoms with Crippen LogP contribution in [0.15, 0.2) is 6.33 Å². The van der Waals surface area contributed by atoms with E-state index in [1.54, 1.807) is 17.7 Å². The summed E-state index contributed by atoms with van der Waals surface area (Å²) in [6.45, 7) is 9.79. The van der Waals surface area contributed by atoms with E-state index in [-0.39, 0.29) is 23.8 Å². The molecule has 0 saturated heterocycles. The molecule has 8 heteroatoms. The molecule has 7 nitrogen and oxygen atoms in total. The van der Waals surface area contributed by atoms with E-state index in [1.807, 2.05) is 27.7 Å². The number of carbonyl (C=O) groups is 1. The van der Waals surface area contributed by atoms with E-state index in [2.05, 4.69) is 22.2 Å². The second kappa shape index (κ2) is 9.97. The molecular formula is C26H39N3O4S. The first kappa shape index (κ1) is 25.2. The van der Waals surface area contributed by atoms with Crippen molar-refractivity contribution in [1.82, 2.24) is 15.3 Å². The van der Waals surface area contributed by atoms with Crippen LogP contribution in [0.1, 0.15) is 102 Å². The fraction of sp³-hybridized carbons (Fsp3) is 0.731. The summed E-state index contributed by atoms with van der Waals surface area (Å²) in [7, 11) is 0. The van der Waals surface area contributed by atoms with Gasteiger partial charge < -0.3 is 19.9 Å². The molecule has 2 aliphatic rings. The highest BCUT2D eigenvalue weighted by Crippen LogP contribution is 2.48. The van der Waals surface area contributed by atoms with Crippen LogP contribution in [-0.4, -0.2) is 44.5 Å². The number of carbonyl (C=O) groups excluding carboxylic acids is 1. The summed E-state index contributed by atoms with van der Waals surface area (Å²) in [5.74, 6) is 1.01. The Bertz CT molecular complexity index is 1010. The monoisotopic (exact) mass is 489 g/mol. The Labute approximate surface area is 206 Å². The Morgan fingerprint density at radius 1 is 1.26 bits per heavy atom. The number of alkyl carbamates (subject to hydrolysis) is 1. The third kappa shape index (κ3) is 5.48. The Kier molecular flexibility index (Phi) is 7.38. The van der Waals surface area contributed by atoms with Crippen molar-refractivity contribution in [3.05, 3.63) is 16.8 Å². The van der Waals surface area contributed by atoms with Crippen LogP contribution in [0.2, 0.25) is 0 Å². The first-order chi connectivity index (χ1) is 16.1. The zero-order valence-corrected chi connectivity index (χ0v) is 22.0. The topological polar surface area (TPSA) is 93.6 Å². The number of aromatic nitrogens is 2. The van der Waals surface area contributed by atoms with Crippen molar-refractivity contribution in [1.29, 1.82) is 0 Å². The molecule has 0 aromatic carbocycles. The molecule has 2 N–H and O–H groups in total. The van der Waals surface area contributed by atoms with Crippen molar-refractivity contribution in [2.75, 3.05) is 0 Å². The van der Waals surface area contributed by atoms with Gasteiger partial charge in [0, 0.05) is 10.4 Å². The number of nitrogens with one attached hydrogen (secondary N) is 1. The van der Waals surface area contributed by atoms with Gasteiger partial charge in [0.2, 0.25) is 5.88 Å². The Hall–Kier alpha value is -1.93. The highest BCUT2D eigenvalue weighted by molar-refractivity contribution is 7.19. The number of thiophene rings is 1. The van der Waals surface area contributed by atoms with Crippen molar-refractivity contribution in [3.63, 3.8) is 0 Å². The van der Waals surface area contributed by atoms with Gasteiger partial charge in [0.05, 0.1) is 11.5 Å². The second-order valence-corrected chi connectivity index (χ2v) is 12.0. The van der Waals surface area contributed by atoms with Gasteiger partial charge in [0.15, 0.2) is 0 Å². The number of ether oxygens (including phenoxy) is 2. The predicted octanol–water partition coefficient (Wildman–Crippen LogP) is 5.88. The van der Waals surface area contributed by atoms with E-state index in [0.29, 0.717) is 11.8 Å². The molecule has 0 radical (unpaired) electrons. The van der Waals surface area contributed by atoms with Crippen LogP contribution in [0.3, 0.4) is 0 Å². The summed E-state index contributed by atoms with van der Waals surface area (Å²) in [5.41, 5.74) is 0.533. The van der Waals surface area contributed by atoms with Gasteiger partial charge in [-0.1, -0.05) is 13.8 Å². The predicted molar refractivity (Wildman–Crippen MR) is 135 cm³/mol. The normalized spacial score (nSPS) is 25.7. The lowest BCUT2D eigenvalue weighted by atomic mass is 9.78. The smallest absolute Gasteiger partial charge is 0.408 e. The number of hydrogen-bond donors (Lipinski definition) is 2. The molecule has 2 aromatic heterocycles. The fourth-order valence-corrected chi connectivity index (χ4v) is 6.60. The van der Waals surface area contributed by atoms with Crippen molar-refractivity contribution in [2.24, 2.45) is 0 Å². The minimum absolute atomic E-state index is 0.0508. The average molecular weight is 490 g/mol. The van der Waals surface area contributed by atoms with Crippen molar-refractivity contribution >= 4 is 27.6 Å². The zero-order chi connectivity index (χ0) is 24.5. The van der Waals surface area contributed by atoms with Gasteiger partial charge in [0.25, 0.3) is 0 Å². The van der Waals surface area contributed by atoms with E-state index in [1.165, 1.54) is 10.4 Å². The van der Waals surface area contributed by atoms with Gasteiger partial charge >= 0.3 is 6.09 Å². The molecule has 0 unspecified atom stereocenters. The summed E-state index contributed by atoms with van der Waals surface area (Å²) in [4.78, 5) is 23.9. The molecule has 0 bridgehead atoms. The maximum Gasteiger partial charge on any atom is 0.408 e. The summed E-state index contributed by atoms with van der Waals surface area (Å²) < 4.78 is 12.0. The lowest BCUT2D eigenvalue weighted by Gasteiger charge is -2.40. The number of amides is 1. The van der Waals surface area contributed by atoms with E-state index < -0.39 is 5.60 Å². The van der Waals surface area contributed by atoms with Crippen LogP contribution in [0.5, 0.6) is 5.88 Å². The van der Waals surface area contributed by atoms with Crippen molar-refractivity contribution in [2.45, 2.75) is 122 Å². The zero-order valence-electron chi connectivity index (χ0n) is 21.1. The van der Waals surface area contributed by atoms with Gasteiger partial charge in [0.1, 0.15) is 22.9 Å². The van der Waals surface area contributed by atoms with Crippen LogP contribution < -0.4 is 10.1 Å². The number of rotatable bonds is 7. The molecule has 2 aliphatic carbocycles. The maximum absolute atomic E-state index is 12.4. The number of aliphatic hydroxyl groups excluding tert-OH is 1. The summed E-state index contributed by atoms with van der Waals surface area (Å²) >= 11 is 1.74. The first-order valence-corrected chi connectivity index (χ1v) is 13.6. The standard InChI is InChI=1S/C26H39N3O4S/c1-6-17(30)14-16-8-9-19-20(16)21-22(27-15-28-23(21)34-19)32-18-10-12-26(7-2,13-11-18)29-24(31)33-25(3,4)5/h15-18,30H,6-14H2,1-5H3,(H,29,31)/t16-,17+,18-,26-/m1/s1. The Morgan fingerprint density at radius 3 is 2.65 bits per heavy atom. The average Bonchev–Trinajstić information content (AvgIpc) is 3.34. The van der Waals surface area contributed by atoms with Gasteiger partial charge in [-0.05, 0) is 90.0 Å². The third-order valence-electron chi connectivity index (χ3n) is 7.33. The minimum atomic E-state index is -0.510. The van der Waals surface area contributed by atoms with Gasteiger partial charge in [-0.15, -0.1) is 11.3 Å². The lowest BCUT2D eigenvalue weighted by molar-refractivity contribution is 0.0355. The largest absolute Gasteiger partial charge is 0.474 e. The molecule has 2 heterocycles. The number of hydrogen-bond acceptors (Lipinski definition) is 7. The molecule has 188 valence electrons. The van der Waals surface area contributed by atoms with E-state index in [9.17, 15) is 9.90 Å². The summed E-state index contributed by atoms with van der Waals surface area (Å²) in [6, 6.07) is 0.